The Morgan fingerprint density at radius 3 is 1.93 bits per heavy atom. The molecule has 0 radical (unpaired) electrons. The maximum absolute atomic E-state index is 12.7. The van der Waals surface area contributed by atoms with E-state index < -0.39 is 0 Å². The number of hydrogen-bond acceptors (Lipinski definition) is 6. The van der Waals surface area contributed by atoms with Crippen LogP contribution in [0.15, 0.2) is 42.4 Å². The molecule has 27 heavy (non-hydrogen) atoms. The van der Waals surface area contributed by atoms with Gasteiger partial charge in [0.2, 0.25) is 5.75 Å². The molecule has 2 aromatic carbocycles. The van der Waals surface area contributed by atoms with Crippen molar-refractivity contribution in [2.45, 2.75) is 0 Å². The van der Waals surface area contributed by atoms with Gasteiger partial charge in [0, 0.05) is 11.6 Å². The fourth-order valence-corrected chi connectivity index (χ4v) is 4.28. The highest BCUT2D eigenvalue weighted by Crippen LogP contribution is 2.43. The van der Waals surface area contributed by atoms with E-state index in [-0.39, 0.29) is 5.43 Å². The Bertz CT molecular complexity index is 1050. The van der Waals surface area contributed by atoms with Crippen LogP contribution < -0.4 is 24.4 Å². The van der Waals surface area contributed by atoms with Crippen molar-refractivity contribution < 1.29 is 23.4 Å². The zero-order valence-electron chi connectivity index (χ0n) is 15.0. The van der Waals surface area contributed by atoms with Crippen LogP contribution in [0.5, 0.6) is 23.0 Å². The molecule has 0 aliphatic rings. The Morgan fingerprint density at radius 1 is 0.815 bits per heavy atom. The van der Waals surface area contributed by atoms with Crippen LogP contribution in [-0.2, 0) is 0 Å². The summed E-state index contributed by atoms with van der Waals surface area (Å²) in [5.41, 5.74) is 0.799. The molecule has 3 rings (SSSR count). The summed E-state index contributed by atoms with van der Waals surface area (Å²) in [6.45, 7) is 0. The van der Waals surface area contributed by atoms with Crippen molar-refractivity contribution in [3.05, 3.63) is 43.4 Å². The first-order valence-electron chi connectivity index (χ1n) is 7.75. The van der Waals surface area contributed by atoms with E-state index in [9.17, 15) is 4.79 Å². The van der Waals surface area contributed by atoms with Crippen molar-refractivity contribution in [2.24, 2.45) is 0 Å². The van der Waals surface area contributed by atoms with Crippen molar-refractivity contribution in [2.75, 3.05) is 28.4 Å². The zero-order chi connectivity index (χ0) is 19.7. The Kier molecular flexibility index (Phi) is 5.67. The van der Waals surface area contributed by atoms with Crippen LogP contribution in [0.2, 0.25) is 0 Å². The van der Waals surface area contributed by atoms with E-state index in [1.807, 2.05) is 0 Å². The van der Waals surface area contributed by atoms with Crippen LogP contribution in [0, 0.1) is 0 Å². The Labute approximate surface area is 172 Å². The second-order valence-electron chi connectivity index (χ2n) is 5.47. The number of methoxy groups -OCH3 is 4. The lowest BCUT2D eigenvalue weighted by atomic mass is 10.1. The van der Waals surface area contributed by atoms with Gasteiger partial charge in [0.05, 0.1) is 38.3 Å². The fourth-order valence-electron chi connectivity index (χ4n) is 2.76. The van der Waals surface area contributed by atoms with Crippen LogP contribution in [0.4, 0.5) is 0 Å². The molecule has 8 heteroatoms. The normalized spacial score (nSPS) is 10.7. The predicted molar refractivity (Wildman–Crippen MR) is 110 cm³/mol. The van der Waals surface area contributed by atoms with Gasteiger partial charge < -0.3 is 23.4 Å². The first-order chi connectivity index (χ1) is 12.9. The first kappa shape index (κ1) is 19.6. The summed E-state index contributed by atoms with van der Waals surface area (Å²) in [7, 11) is 6.11. The van der Waals surface area contributed by atoms with Crippen molar-refractivity contribution in [3.8, 4) is 34.3 Å². The topological polar surface area (TPSA) is 67.1 Å². The zero-order valence-corrected chi connectivity index (χ0v) is 18.2. The smallest absolute Gasteiger partial charge is 0.203 e. The first-order valence-corrected chi connectivity index (χ1v) is 9.34. The third kappa shape index (κ3) is 3.39. The highest BCUT2D eigenvalue weighted by Gasteiger charge is 2.19. The molecule has 0 bridgehead atoms. The summed E-state index contributed by atoms with van der Waals surface area (Å²) in [6, 6.07) is 6.53. The number of hydrogen-bond donors (Lipinski definition) is 0. The van der Waals surface area contributed by atoms with E-state index in [0.717, 1.165) is 0 Å². The largest absolute Gasteiger partial charge is 0.494 e. The summed E-state index contributed by atoms with van der Waals surface area (Å²) in [4.78, 5) is 12.7. The van der Waals surface area contributed by atoms with Gasteiger partial charge in [-0.15, -0.1) is 0 Å². The van der Waals surface area contributed by atoms with Crippen LogP contribution in [-0.4, -0.2) is 28.4 Å². The molecule has 3 aromatic rings. The molecule has 0 aliphatic heterocycles. The third-order valence-electron chi connectivity index (χ3n) is 4.02. The molecule has 0 saturated carbocycles. The summed E-state index contributed by atoms with van der Waals surface area (Å²) < 4.78 is 28.7. The number of halogens is 2. The highest BCUT2D eigenvalue weighted by molar-refractivity contribution is 9.11. The minimum absolute atomic E-state index is 0.191. The Hall–Kier alpha value is -2.19. The lowest BCUT2D eigenvalue weighted by molar-refractivity contribution is 0.324. The molecule has 0 unspecified atom stereocenters. The van der Waals surface area contributed by atoms with Crippen molar-refractivity contribution >= 4 is 42.8 Å². The van der Waals surface area contributed by atoms with E-state index in [1.165, 1.54) is 34.5 Å². The minimum atomic E-state index is -0.191. The summed E-state index contributed by atoms with van der Waals surface area (Å²) in [6.07, 6.45) is 0. The molecule has 1 aromatic heterocycles. The van der Waals surface area contributed by atoms with Gasteiger partial charge in [-0.05, 0) is 50.1 Å². The van der Waals surface area contributed by atoms with Crippen LogP contribution in [0.25, 0.3) is 22.3 Å². The van der Waals surface area contributed by atoms with Crippen LogP contribution >= 0.6 is 31.9 Å². The molecule has 0 atom stereocenters. The maximum Gasteiger partial charge on any atom is 0.203 e. The highest BCUT2D eigenvalue weighted by atomic mass is 79.9. The lowest BCUT2D eigenvalue weighted by Gasteiger charge is -2.14. The second kappa shape index (κ2) is 7.82. The van der Waals surface area contributed by atoms with Gasteiger partial charge in [-0.3, -0.25) is 4.79 Å². The fraction of sp³-hybridized carbons (Fsp3) is 0.211. The van der Waals surface area contributed by atoms with Crippen LogP contribution in [0.3, 0.4) is 0 Å². The molecule has 0 spiro atoms. The number of rotatable bonds is 5. The standard InChI is InChI=1S/C19H16Br2O6/c1-23-14-5-9(6-15(24-2)19(14)26-4)13-8-12(22)10-7-11(20)18(25-3)16(21)17(10)27-13/h5-8H,1-4H3. The third-order valence-corrected chi connectivity index (χ3v) is 5.33. The summed E-state index contributed by atoms with van der Waals surface area (Å²) in [5, 5.41) is 0.422. The molecule has 1 heterocycles. The monoisotopic (exact) mass is 498 g/mol. The molecular weight excluding hydrogens is 484 g/mol. The average Bonchev–Trinajstić information content (AvgIpc) is 2.67. The molecule has 0 N–H and O–H groups in total. The van der Waals surface area contributed by atoms with Gasteiger partial charge in [-0.1, -0.05) is 0 Å². The van der Waals surface area contributed by atoms with Crippen molar-refractivity contribution in [1.29, 1.82) is 0 Å². The van der Waals surface area contributed by atoms with Crippen molar-refractivity contribution in [1.82, 2.24) is 0 Å². The quantitative estimate of drug-likeness (QED) is 0.491. The Morgan fingerprint density at radius 2 is 1.41 bits per heavy atom. The molecule has 6 nitrogen and oxygen atoms in total. The summed E-state index contributed by atoms with van der Waals surface area (Å²) >= 11 is 6.85. The van der Waals surface area contributed by atoms with Crippen molar-refractivity contribution in [3.63, 3.8) is 0 Å². The number of benzene rings is 2. The lowest BCUT2D eigenvalue weighted by Crippen LogP contribution is -2.02. The van der Waals surface area contributed by atoms with E-state index in [0.29, 0.717) is 54.2 Å². The second-order valence-corrected chi connectivity index (χ2v) is 7.12. The molecule has 0 fully saturated rings. The minimum Gasteiger partial charge on any atom is -0.494 e. The number of fused-ring (bicyclic) bond motifs is 1. The predicted octanol–water partition coefficient (Wildman–Crippen LogP) is 5.02. The molecule has 0 aliphatic carbocycles. The van der Waals surface area contributed by atoms with Gasteiger partial charge in [-0.2, -0.15) is 0 Å². The van der Waals surface area contributed by atoms with Gasteiger partial charge in [-0.25, -0.2) is 0 Å². The van der Waals surface area contributed by atoms with E-state index >= 15 is 0 Å². The van der Waals surface area contributed by atoms with Crippen LogP contribution in [0.1, 0.15) is 0 Å². The maximum atomic E-state index is 12.7. The molecular formula is C19H16Br2O6. The summed E-state index contributed by atoms with van der Waals surface area (Å²) in [5.74, 6) is 2.27. The average molecular weight is 500 g/mol. The molecule has 0 saturated heterocycles. The number of ether oxygens (including phenoxy) is 4. The van der Waals surface area contributed by atoms with Gasteiger partial charge in [0.1, 0.15) is 10.2 Å². The Balaban J connectivity index is 2.31. The van der Waals surface area contributed by atoms with E-state index in [2.05, 4.69) is 31.9 Å². The molecule has 0 amide bonds. The van der Waals surface area contributed by atoms with Gasteiger partial charge in [0.25, 0.3) is 0 Å². The van der Waals surface area contributed by atoms with E-state index in [1.54, 1.807) is 18.2 Å². The SMILES string of the molecule is COc1cc(-c2cc(=O)c3cc(Br)c(OC)c(Br)c3o2)cc(OC)c1OC. The van der Waals surface area contributed by atoms with Gasteiger partial charge >= 0.3 is 0 Å². The van der Waals surface area contributed by atoms with Gasteiger partial charge in [0.15, 0.2) is 28.3 Å². The molecule has 142 valence electrons. The van der Waals surface area contributed by atoms with E-state index in [4.69, 9.17) is 23.4 Å².